The molecule has 0 unspecified atom stereocenters. The van der Waals surface area contributed by atoms with Gasteiger partial charge < -0.3 is 67.9 Å². The summed E-state index contributed by atoms with van der Waals surface area (Å²) in [5.74, 6) is 0. The van der Waals surface area contributed by atoms with E-state index in [1.165, 1.54) is 228 Å². The monoisotopic (exact) mass is 1710 g/mol. The lowest BCUT2D eigenvalue weighted by Gasteiger charge is -2.17. The van der Waals surface area contributed by atoms with Gasteiger partial charge in [-0.05, 0) is 251 Å². The smallest absolute Gasteiger partial charge is 0.171 e. The van der Waals surface area contributed by atoms with Crippen LogP contribution in [-0.2, 0) is 77.5 Å². The average molecular weight is 1720 g/mol. The predicted octanol–water partition coefficient (Wildman–Crippen LogP) is 7.86. The third-order valence-corrected chi connectivity index (χ3v) is 19.1. The largest absolute Gasteiger partial charge is 1.00 e. The molecule has 492 valence electrons. The SMILES string of the molecule is BrCCCCCc1cc(CCCCCBr)c(CCCCCBr)cc1CCCCCBr.Cc1ccc[n+](CCCCCc2cc(CCCCC[n+]3cccc(C)c3)c(CCCCC[n+]3cccc(C)c3)cc2CCCCC[n+]2cccc(C)c2)c1.[Br-].[Br-].[Br-].[Br-]. The number of unbranched alkanes of at least 4 members (excludes halogenated alkanes) is 16. The molecule has 6 rings (SSSR count). The summed E-state index contributed by atoms with van der Waals surface area (Å²) in [4.78, 5) is 0. The van der Waals surface area contributed by atoms with Crippen molar-refractivity contribution in [3.05, 3.63) is 189 Å². The van der Waals surface area contributed by atoms with E-state index in [-0.39, 0.29) is 67.9 Å². The van der Waals surface area contributed by atoms with Crippen molar-refractivity contribution in [3.63, 3.8) is 0 Å². The maximum absolute atomic E-state index is 3.59. The zero-order chi connectivity index (χ0) is 59.7. The second-order valence-electron chi connectivity index (χ2n) is 24.5. The Kier molecular flexibility index (Phi) is 52.3. The molecule has 0 aliphatic heterocycles. The zero-order valence-electron chi connectivity index (χ0n) is 54.6. The van der Waals surface area contributed by atoms with Crippen molar-refractivity contribution < 1.29 is 86.2 Å². The molecule has 0 radical (unpaired) electrons. The molecule has 6 aromatic rings. The van der Waals surface area contributed by atoms with Gasteiger partial charge in [0, 0.05) is 93.5 Å². The molecule has 4 heterocycles. The molecule has 0 saturated heterocycles. The van der Waals surface area contributed by atoms with Crippen molar-refractivity contribution in [1.82, 2.24) is 0 Å². The average Bonchev–Trinajstić information content (AvgIpc) is 2.71. The second kappa shape index (κ2) is 54.2. The van der Waals surface area contributed by atoms with E-state index in [4.69, 9.17) is 0 Å². The standard InChI is InChI=1S/C50H70N4.C26H42Br4.4BrH/c1-43-21-17-33-51(39-43)29-13-5-9-25-47-37-49(27-11-7-15-31-53-35-19-23-45(3)41-53)50(28-12-8-16-32-54-36-20-24-46(4)42-54)38-48(47)26-10-6-14-30-52-34-18-22-44(2)40-52;27-17-9-1-5-13-23-21-25(15-7-3-11-19-29)26(16-8-4-12-20-30)22-24(23)14-6-2-10-18-28;;;;/h17-24,33-42H,5-16,25-32H2,1-4H3;21-22H,1-20H2;4*1H/q+4;;;;;/p-4. The maximum Gasteiger partial charge on any atom is 0.171 e. The van der Waals surface area contributed by atoms with E-state index in [1.807, 2.05) is 0 Å². The molecule has 88 heavy (non-hydrogen) atoms. The van der Waals surface area contributed by atoms with Crippen LogP contribution in [0.15, 0.2) is 122 Å². The van der Waals surface area contributed by atoms with Crippen molar-refractivity contribution in [3.8, 4) is 0 Å². The number of hydrogen-bond acceptors (Lipinski definition) is 0. The van der Waals surface area contributed by atoms with Gasteiger partial charge >= 0.3 is 0 Å². The van der Waals surface area contributed by atoms with Gasteiger partial charge in [-0.25, -0.2) is 18.3 Å². The molecule has 0 atom stereocenters. The lowest BCUT2D eigenvalue weighted by Crippen LogP contribution is -3.00. The van der Waals surface area contributed by atoms with Gasteiger partial charge in [0.2, 0.25) is 0 Å². The minimum absolute atomic E-state index is 0. The van der Waals surface area contributed by atoms with Gasteiger partial charge in [-0.1, -0.05) is 114 Å². The number of rotatable bonds is 44. The fourth-order valence-electron chi connectivity index (χ4n) is 12.1. The summed E-state index contributed by atoms with van der Waals surface area (Å²) in [5.41, 5.74) is 18.5. The highest BCUT2D eigenvalue weighted by Gasteiger charge is 2.15. The summed E-state index contributed by atoms with van der Waals surface area (Å²) in [6.07, 6.45) is 58.9. The Morgan fingerprint density at radius 2 is 0.409 bits per heavy atom. The number of nitrogens with zero attached hydrogens (tertiary/aromatic N) is 4. The Hall–Kier alpha value is -1.12. The van der Waals surface area contributed by atoms with E-state index in [0.29, 0.717) is 0 Å². The molecule has 2 aromatic carbocycles. The molecule has 0 saturated carbocycles. The minimum atomic E-state index is 0. The van der Waals surface area contributed by atoms with Crippen molar-refractivity contribution in [2.45, 2.75) is 259 Å². The molecule has 0 bridgehead atoms. The van der Waals surface area contributed by atoms with Crippen molar-refractivity contribution in [1.29, 1.82) is 0 Å². The summed E-state index contributed by atoms with van der Waals surface area (Å²) in [7, 11) is 0. The molecule has 12 heteroatoms. The summed E-state index contributed by atoms with van der Waals surface area (Å²) >= 11 is 14.3. The molecule has 0 aliphatic rings. The van der Waals surface area contributed by atoms with Crippen LogP contribution in [0.4, 0.5) is 0 Å². The predicted molar refractivity (Wildman–Crippen MR) is 374 cm³/mol. The molecule has 4 nitrogen and oxygen atoms in total. The molecule has 0 N–H and O–H groups in total. The van der Waals surface area contributed by atoms with Crippen LogP contribution in [0.2, 0.25) is 0 Å². The highest BCUT2D eigenvalue weighted by molar-refractivity contribution is 9.09. The number of hydrogen-bond donors (Lipinski definition) is 0. The Morgan fingerprint density at radius 3 is 0.568 bits per heavy atom. The lowest BCUT2D eigenvalue weighted by molar-refractivity contribution is -0.697. The first kappa shape index (κ1) is 84.9. The number of benzene rings is 2. The Morgan fingerprint density at radius 1 is 0.239 bits per heavy atom. The van der Waals surface area contributed by atoms with Crippen LogP contribution in [0.3, 0.4) is 0 Å². The Balaban J connectivity index is 0.000000978. The van der Waals surface area contributed by atoms with E-state index < -0.39 is 0 Å². The number of halogens is 8. The fraction of sp³-hybridized carbons (Fsp3) is 0.579. The minimum Gasteiger partial charge on any atom is -1.00 e. The molecule has 0 spiro atoms. The molecule has 0 fully saturated rings. The van der Waals surface area contributed by atoms with Crippen LogP contribution < -0.4 is 86.2 Å². The summed E-state index contributed by atoms with van der Waals surface area (Å²) in [6.45, 7) is 13.2. The summed E-state index contributed by atoms with van der Waals surface area (Å²) in [6, 6.07) is 28.1. The molecule has 0 aliphatic carbocycles. The maximum atomic E-state index is 3.59. The topological polar surface area (TPSA) is 15.5 Å². The number of pyridine rings is 4. The summed E-state index contributed by atoms with van der Waals surface area (Å²) < 4.78 is 9.44. The third kappa shape index (κ3) is 37.1. The third-order valence-electron chi connectivity index (χ3n) is 16.8. The van der Waals surface area contributed by atoms with Gasteiger partial charge in [0.15, 0.2) is 49.6 Å². The molecule has 0 amide bonds. The first-order valence-electron chi connectivity index (χ1n) is 33.5. The highest BCUT2D eigenvalue weighted by atomic mass is 79.9. The van der Waals surface area contributed by atoms with E-state index in [0.717, 1.165) is 47.5 Å². The zero-order valence-corrected chi connectivity index (χ0v) is 67.3. The van der Waals surface area contributed by atoms with Gasteiger partial charge in [0.05, 0.1) is 0 Å². The first-order chi connectivity index (χ1) is 41.2. The van der Waals surface area contributed by atoms with Gasteiger partial charge in [0.25, 0.3) is 0 Å². The van der Waals surface area contributed by atoms with Crippen molar-refractivity contribution >= 4 is 63.7 Å². The van der Waals surface area contributed by atoms with Crippen LogP contribution in [0.5, 0.6) is 0 Å². The Bertz CT molecular complexity index is 2350. The van der Waals surface area contributed by atoms with Gasteiger partial charge in [-0.2, -0.15) is 0 Å². The van der Waals surface area contributed by atoms with Crippen molar-refractivity contribution in [2.24, 2.45) is 0 Å². The fourth-order valence-corrected chi connectivity index (χ4v) is 13.7. The van der Waals surface area contributed by atoms with Gasteiger partial charge in [0.1, 0.15) is 26.2 Å². The van der Waals surface area contributed by atoms with Crippen LogP contribution >= 0.6 is 63.7 Å². The Labute approximate surface area is 613 Å². The normalized spacial score (nSPS) is 10.8. The van der Waals surface area contributed by atoms with E-state index in [1.54, 1.807) is 44.5 Å². The van der Waals surface area contributed by atoms with E-state index in [2.05, 4.69) is 232 Å². The van der Waals surface area contributed by atoms with Crippen LogP contribution in [-0.4, -0.2) is 21.3 Å². The van der Waals surface area contributed by atoms with E-state index in [9.17, 15) is 0 Å². The second-order valence-corrected chi connectivity index (χ2v) is 27.7. The van der Waals surface area contributed by atoms with Crippen LogP contribution in [0.25, 0.3) is 0 Å². The molecular formula is C76H112Br8N4. The van der Waals surface area contributed by atoms with Crippen molar-refractivity contribution in [2.75, 3.05) is 21.3 Å². The van der Waals surface area contributed by atoms with Crippen LogP contribution in [0.1, 0.15) is 221 Å². The first-order valence-corrected chi connectivity index (χ1v) is 38.0. The lowest BCUT2D eigenvalue weighted by atomic mass is 9.88. The van der Waals surface area contributed by atoms with Gasteiger partial charge in [-0.15, -0.1) is 0 Å². The summed E-state index contributed by atoms with van der Waals surface area (Å²) in [5, 5.41) is 4.55. The number of aromatic nitrogens is 4. The molecular weight excluding hydrogens is 1610 g/mol. The number of aryl methyl sites for hydroxylation is 16. The van der Waals surface area contributed by atoms with Crippen LogP contribution in [0, 0.1) is 27.7 Å². The quantitative estimate of drug-likeness (QED) is 0.0211. The molecule has 4 aromatic heterocycles. The van der Waals surface area contributed by atoms with E-state index >= 15 is 0 Å². The number of alkyl halides is 4. The van der Waals surface area contributed by atoms with Gasteiger partial charge in [-0.3, -0.25) is 0 Å². The highest BCUT2D eigenvalue weighted by Crippen LogP contribution is 2.28.